The molecule has 0 unspecified atom stereocenters. The monoisotopic (exact) mass is 218 g/mol. The van der Waals surface area contributed by atoms with Gasteiger partial charge in [0.05, 0.1) is 13.2 Å². The molecule has 4 heteroatoms. The zero-order chi connectivity index (χ0) is 11.0. The lowest BCUT2D eigenvalue weighted by atomic mass is 10.1. The summed E-state index contributed by atoms with van der Waals surface area (Å²) >= 11 is 0. The Labute approximate surface area is 93.2 Å². The molecule has 2 aromatic rings. The van der Waals surface area contributed by atoms with Crippen LogP contribution < -0.4 is 5.48 Å². The van der Waals surface area contributed by atoms with Crippen molar-refractivity contribution in [2.45, 2.75) is 19.6 Å². The zero-order valence-electron chi connectivity index (χ0n) is 8.92. The molecular weight excluding hydrogens is 204 g/mol. The molecule has 0 amide bonds. The van der Waals surface area contributed by atoms with Gasteiger partial charge in [-0.3, -0.25) is 0 Å². The van der Waals surface area contributed by atoms with Gasteiger partial charge in [-0.1, -0.05) is 6.07 Å². The van der Waals surface area contributed by atoms with Gasteiger partial charge in [0.25, 0.3) is 0 Å². The molecule has 3 N–H and O–H groups in total. The molecule has 1 aliphatic rings. The van der Waals surface area contributed by atoms with E-state index in [2.05, 4.69) is 22.6 Å². The molecule has 0 radical (unpaired) electrons. The van der Waals surface area contributed by atoms with E-state index in [9.17, 15) is 0 Å². The van der Waals surface area contributed by atoms with Crippen LogP contribution in [0.4, 0.5) is 0 Å². The average molecular weight is 218 g/mol. The first kappa shape index (κ1) is 9.84. The lowest BCUT2D eigenvalue weighted by Crippen LogP contribution is -2.08. The number of H-pyrrole nitrogens is 1. The first-order chi connectivity index (χ1) is 7.88. The van der Waals surface area contributed by atoms with Crippen LogP contribution >= 0.6 is 0 Å². The van der Waals surface area contributed by atoms with E-state index in [1.165, 1.54) is 16.6 Å². The van der Waals surface area contributed by atoms with Gasteiger partial charge in [0, 0.05) is 35.1 Å². The van der Waals surface area contributed by atoms with Crippen LogP contribution in [0.15, 0.2) is 18.2 Å². The summed E-state index contributed by atoms with van der Waals surface area (Å²) in [6, 6.07) is 6.16. The number of rotatable bonds is 2. The van der Waals surface area contributed by atoms with Crippen molar-refractivity contribution in [2.24, 2.45) is 0 Å². The van der Waals surface area contributed by atoms with Crippen LogP contribution in [0.3, 0.4) is 0 Å². The van der Waals surface area contributed by atoms with Crippen LogP contribution in [0.25, 0.3) is 10.9 Å². The van der Waals surface area contributed by atoms with Crippen LogP contribution in [0, 0.1) is 0 Å². The molecule has 84 valence electrons. The lowest BCUT2D eigenvalue weighted by molar-refractivity contribution is 0.111. The number of hydrogen-bond donors (Lipinski definition) is 3. The van der Waals surface area contributed by atoms with Crippen molar-refractivity contribution in [1.29, 1.82) is 0 Å². The van der Waals surface area contributed by atoms with Crippen molar-refractivity contribution >= 4 is 10.9 Å². The van der Waals surface area contributed by atoms with Gasteiger partial charge in [-0.25, -0.2) is 5.48 Å². The molecule has 1 aromatic carbocycles. The number of fused-ring (bicyclic) bond motifs is 3. The smallest absolute Gasteiger partial charge is 0.0740 e. The van der Waals surface area contributed by atoms with Gasteiger partial charge in [0.15, 0.2) is 0 Å². The Bertz CT molecular complexity index is 519. The van der Waals surface area contributed by atoms with E-state index in [0.717, 1.165) is 24.1 Å². The first-order valence-electron chi connectivity index (χ1n) is 5.45. The number of ether oxygens (including phenoxy) is 1. The summed E-state index contributed by atoms with van der Waals surface area (Å²) in [7, 11) is 0. The summed E-state index contributed by atoms with van der Waals surface area (Å²) in [6.45, 7) is 1.95. The third-order valence-corrected chi connectivity index (χ3v) is 3.08. The van der Waals surface area contributed by atoms with E-state index in [-0.39, 0.29) is 0 Å². The molecule has 0 aliphatic carbocycles. The maximum Gasteiger partial charge on any atom is 0.0740 e. The van der Waals surface area contributed by atoms with Gasteiger partial charge < -0.3 is 14.9 Å². The Morgan fingerprint density at radius 1 is 1.44 bits per heavy atom. The highest BCUT2D eigenvalue weighted by Gasteiger charge is 2.15. The van der Waals surface area contributed by atoms with Crippen LogP contribution in [0.5, 0.6) is 0 Å². The lowest BCUT2D eigenvalue weighted by Gasteiger charge is -2.11. The van der Waals surface area contributed by atoms with Gasteiger partial charge in [-0.15, -0.1) is 0 Å². The van der Waals surface area contributed by atoms with Gasteiger partial charge in [0.1, 0.15) is 0 Å². The summed E-state index contributed by atoms with van der Waals surface area (Å²) in [5, 5.41) is 9.91. The van der Waals surface area contributed by atoms with Crippen molar-refractivity contribution < 1.29 is 9.94 Å². The fourth-order valence-corrected chi connectivity index (χ4v) is 2.28. The third-order valence-electron chi connectivity index (χ3n) is 3.08. The minimum atomic E-state index is 0.469. The van der Waals surface area contributed by atoms with Crippen molar-refractivity contribution in [3.8, 4) is 0 Å². The van der Waals surface area contributed by atoms with Crippen molar-refractivity contribution in [3.05, 3.63) is 35.0 Å². The Balaban J connectivity index is 2.13. The minimum absolute atomic E-state index is 0.469. The van der Waals surface area contributed by atoms with Crippen molar-refractivity contribution in [1.82, 2.24) is 10.5 Å². The standard InChI is InChI=1S/C12H14N2O2/c15-13-6-8-1-2-11-9(5-8)10-7-16-4-3-12(10)14-11/h1-2,5,13-15H,3-4,6-7H2. The molecule has 4 nitrogen and oxygen atoms in total. The van der Waals surface area contributed by atoms with E-state index in [1.54, 1.807) is 0 Å². The molecule has 0 fully saturated rings. The SMILES string of the molecule is ONCc1ccc2[nH]c3c(c2c1)COCC3. The summed E-state index contributed by atoms with van der Waals surface area (Å²) in [5.74, 6) is 0. The van der Waals surface area contributed by atoms with Crippen LogP contribution in [0.2, 0.25) is 0 Å². The summed E-state index contributed by atoms with van der Waals surface area (Å²) in [6.07, 6.45) is 0.956. The van der Waals surface area contributed by atoms with Crippen LogP contribution in [-0.2, 0) is 24.3 Å². The highest BCUT2D eigenvalue weighted by Crippen LogP contribution is 2.27. The van der Waals surface area contributed by atoms with Gasteiger partial charge >= 0.3 is 0 Å². The second-order valence-corrected chi connectivity index (χ2v) is 4.10. The minimum Gasteiger partial charge on any atom is -0.376 e. The Hall–Kier alpha value is -1.36. The topological polar surface area (TPSA) is 57.3 Å². The zero-order valence-corrected chi connectivity index (χ0v) is 8.92. The average Bonchev–Trinajstić information content (AvgIpc) is 2.68. The van der Waals surface area contributed by atoms with Crippen LogP contribution in [-0.4, -0.2) is 16.8 Å². The number of hydrogen-bond acceptors (Lipinski definition) is 3. The molecule has 0 atom stereocenters. The maximum atomic E-state index is 8.70. The Kier molecular flexibility index (Phi) is 2.40. The molecule has 0 bridgehead atoms. The predicted octanol–water partition coefficient (Wildman–Crippen LogP) is 1.72. The number of benzene rings is 1. The molecular formula is C12H14N2O2. The molecule has 0 saturated carbocycles. The van der Waals surface area contributed by atoms with Crippen molar-refractivity contribution in [2.75, 3.05) is 6.61 Å². The highest BCUT2D eigenvalue weighted by molar-refractivity contribution is 5.85. The van der Waals surface area contributed by atoms with Gasteiger partial charge in [-0.05, 0) is 17.7 Å². The number of aromatic amines is 1. The Morgan fingerprint density at radius 2 is 2.38 bits per heavy atom. The number of nitrogens with one attached hydrogen (secondary N) is 2. The fraction of sp³-hybridized carbons (Fsp3) is 0.333. The van der Waals surface area contributed by atoms with E-state index in [0.29, 0.717) is 13.2 Å². The fourth-order valence-electron chi connectivity index (χ4n) is 2.28. The predicted molar refractivity (Wildman–Crippen MR) is 60.3 cm³/mol. The molecule has 0 spiro atoms. The van der Waals surface area contributed by atoms with E-state index in [4.69, 9.17) is 9.94 Å². The quantitative estimate of drug-likeness (QED) is 0.673. The third kappa shape index (κ3) is 1.51. The van der Waals surface area contributed by atoms with E-state index < -0.39 is 0 Å². The molecule has 3 rings (SSSR count). The molecule has 16 heavy (non-hydrogen) atoms. The van der Waals surface area contributed by atoms with E-state index >= 15 is 0 Å². The summed E-state index contributed by atoms with van der Waals surface area (Å²) in [4.78, 5) is 3.42. The molecule has 1 aliphatic heterocycles. The summed E-state index contributed by atoms with van der Waals surface area (Å²) < 4.78 is 5.48. The first-order valence-corrected chi connectivity index (χ1v) is 5.45. The second-order valence-electron chi connectivity index (χ2n) is 4.10. The number of hydroxylamine groups is 1. The van der Waals surface area contributed by atoms with Crippen molar-refractivity contribution in [3.63, 3.8) is 0 Å². The molecule has 2 heterocycles. The molecule has 0 saturated heterocycles. The van der Waals surface area contributed by atoms with Gasteiger partial charge in [0.2, 0.25) is 0 Å². The highest BCUT2D eigenvalue weighted by atomic mass is 16.5. The normalized spacial score (nSPS) is 15.3. The molecule has 1 aromatic heterocycles. The number of aromatic nitrogens is 1. The van der Waals surface area contributed by atoms with E-state index in [1.807, 2.05) is 6.07 Å². The van der Waals surface area contributed by atoms with Gasteiger partial charge in [-0.2, -0.15) is 0 Å². The Morgan fingerprint density at radius 3 is 3.25 bits per heavy atom. The second kappa shape index (κ2) is 3.90. The largest absolute Gasteiger partial charge is 0.376 e. The summed E-state index contributed by atoms with van der Waals surface area (Å²) in [5.41, 5.74) is 6.95. The maximum absolute atomic E-state index is 8.70. The van der Waals surface area contributed by atoms with Crippen LogP contribution in [0.1, 0.15) is 16.8 Å².